The second-order valence-corrected chi connectivity index (χ2v) is 6.33. The van der Waals surface area contributed by atoms with E-state index in [1.807, 2.05) is 42.8 Å². The van der Waals surface area contributed by atoms with E-state index in [1.165, 1.54) is 0 Å². The first-order chi connectivity index (χ1) is 11.5. The van der Waals surface area contributed by atoms with Crippen molar-refractivity contribution in [1.29, 1.82) is 0 Å². The molecule has 0 aliphatic rings. The van der Waals surface area contributed by atoms with Crippen molar-refractivity contribution in [2.75, 3.05) is 6.54 Å². The third-order valence-corrected chi connectivity index (χ3v) is 4.15. The van der Waals surface area contributed by atoms with Crippen LogP contribution in [0, 0.1) is 13.8 Å². The van der Waals surface area contributed by atoms with Gasteiger partial charge in [0.15, 0.2) is 0 Å². The molecular formula is C19H28N4O. The van der Waals surface area contributed by atoms with E-state index in [-0.39, 0.29) is 11.9 Å². The molecule has 1 atom stereocenters. The monoisotopic (exact) mass is 328 g/mol. The topological polar surface area (TPSA) is 72.9 Å². The van der Waals surface area contributed by atoms with Gasteiger partial charge in [-0.15, -0.1) is 0 Å². The predicted octanol–water partition coefficient (Wildman–Crippen LogP) is 2.80. The van der Waals surface area contributed by atoms with Gasteiger partial charge in [0.1, 0.15) is 0 Å². The third-order valence-electron chi connectivity index (χ3n) is 4.15. The number of benzene rings is 1. The summed E-state index contributed by atoms with van der Waals surface area (Å²) in [5.41, 5.74) is 9.62. The molecule has 1 aromatic carbocycles. The molecule has 2 aromatic rings. The smallest absolute Gasteiger partial charge is 0.251 e. The van der Waals surface area contributed by atoms with Gasteiger partial charge in [-0.1, -0.05) is 31.9 Å². The van der Waals surface area contributed by atoms with Crippen LogP contribution in [0.25, 0.3) is 0 Å². The molecule has 0 saturated carbocycles. The number of unbranched alkanes of at least 4 members (excludes halogenated alkanes) is 1. The average Bonchev–Trinajstić information content (AvgIpc) is 2.88. The lowest BCUT2D eigenvalue weighted by Gasteiger charge is -2.16. The minimum absolute atomic E-state index is 0.0390. The maximum atomic E-state index is 12.5. The van der Waals surface area contributed by atoms with Crippen LogP contribution in [-0.4, -0.2) is 28.3 Å². The highest BCUT2D eigenvalue weighted by Gasteiger charge is 2.12. The van der Waals surface area contributed by atoms with Crippen LogP contribution >= 0.6 is 0 Å². The first kappa shape index (κ1) is 18.2. The molecule has 1 unspecified atom stereocenters. The van der Waals surface area contributed by atoms with Crippen LogP contribution in [0.4, 0.5) is 0 Å². The Morgan fingerprint density at radius 3 is 2.75 bits per heavy atom. The molecule has 1 amide bonds. The van der Waals surface area contributed by atoms with E-state index >= 15 is 0 Å². The van der Waals surface area contributed by atoms with Crippen molar-refractivity contribution >= 4 is 5.91 Å². The molecule has 5 nitrogen and oxygen atoms in total. The molecule has 5 heteroatoms. The van der Waals surface area contributed by atoms with Gasteiger partial charge in [0.2, 0.25) is 0 Å². The molecule has 130 valence electrons. The summed E-state index contributed by atoms with van der Waals surface area (Å²) in [6.45, 7) is 7.29. The molecule has 0 saturated heterocycles. The van der Waals surface area contributed by atoms with Crippen molar-refractivity contribution in [3.8, 4) is 0 Å². The van der Waals surface area contributed by atoms with Crippen molar-refractivity contribution in [2.24, 2.45) is 5.73 Å². The number of nitrogens with one attached hydrogen (secondary N) is 1. The van der Waals surface area contributed by atoms with Crippen LogP contribution in [-0.2, 0) is 6.54 Å². The lowest BCUT2D eigenvalue weighted by molar-refractivity contribution is 0.0935. The second kappa shape index (κ2) is 8.64. The quantitative estimate of drug-likeness (QED) is 0.782. The molecule has 24 heavy (non-hydrogen) atoms. The molecule has 0 spiro atoms. The molecule has 1 aromatic heterocycles. The molecule has 0 aliphatic heterocycles. The van der Waals surface area contributed by atoms with Crippen LogP contribution in [0.5, 0.6) is 0 Å². The third kappa shape index (κ3) is 4.93. The Balaban J connectivity index is 2.06. The van der Waals surface area contributed by atoms with E-state index in [0.29, 0.717) is 18.7 Å². The summed E-state index contributed by atoms with van der Waals surface area (Å²) >= 11 is 0. The Kier molecular flexibility index (Phi) is 6.55. The van der Waals surface area contributed by atoms with Gasteiger partial charge in [-0.2, -0.15) is 5.10 Å². The number of amides is 1. The van der Waals surface area contributed by atoms with Crippen molar-refractivity contribution in [2.45, 2.75) is 52.6 Å². The molecule has 0 fully saturated rings. The summed E-state index contributed by atoms with van der Waals surface area (Å²) < 4.78 is 1.95. The molecule has 1 heterocycles. The maximum Gasteiger partial charge on any atom is 0.251 e. The van der Waals surface area contributed by atoms with Crippen LogP contribution in [0.1, 0.15) is 53.5 Å². The Morgan fingerprint density at radius 2 is 2.12 bits per heavy atom. The highest BCUT2D eigenvalue weighted by Crippen LogP contribution is 2.10. The highest BCUT2D eigenvalue weighted by atomic mass is 16.1. The standard InChI is InChI=1S/C19H28N4O/c1-4-5-9-18(12-20)21-19(24)17-8-6-7-16(11-17)13-23-15(3)10-14(2)22-23/h6-8,10-11,18H,4-5,9,12-13,20H2,1-3H3,(H,21,24). The van der Waals surface area contributed by atoms with Crippen molar-refractivity contribution < 1.29 is 4.79 Å². The summed E-state index contributed by atoms with van der Waals surface area (Å²) in [6, 6.07) is 9.80. The zero-order valence-electron chi connectivity index (χ0n) is 14.9. The van der Waals surface area contributed by atoms with E-state index in [0.717, 1.165) is 36.2 Å². The molecule has 0 aliphatic carbocycles. The van der Waals surface area contributed by atoms with E-state index in [2.05, 4.69) is 23.4 Å². The number of nitrogens with two attached hydrogens (primary N) is 1. The zero-order chi connectivity index (χ0) is 17.5. The Bertz CT molecular complexity index is 678. The summed E-state index contributed by atoms with van der Waals surface area (Å²) in [6.07, 6.45) is 3.09. The van der Waals surface area contributed by atoms with Gasteiger partial charge < -0.3 is 11.1 Å². The van der Waals surface area contributed by atoms with Crippen LogP contribution in [0.15, 0.2) is 30.3 Å². The molecule has 3 N–H and O–H groups in total. The van der Waals surface area contributed by atoms with Crippen LogP contribution in [0.3, 0.4) is 0 Å². The normalized spacial score (nSPS) is 12.2. The van der Waals surface area contributed by atoms with Gasteiger partial charge in [-0.3, -0.25) is 9.48 Å². The number of hydrogen-bond donors (Lipinski definition) is 2. The van der Waals surface area contributed by atoms with Gasteiger partial charge in [-0.25, -0.2) is 0 Å². The van der Waals surface area contributed by atoms with Crippen molar-refractivity contribution in [3.05, 3.63) is 52.8 Å². The van der Waals surface area contributed by atoms with E-state index in [9.17, 15) is 4.79 Å². The highest BCUT2D eigenvalue weighted by molar-refractivity contribution is 5.94. The van der Waals surface area contributed by atoms with Gasteiger partial charge in [0, 0.05) is 23.8 Å². The number of aryl methyl sites for hydroxylation is 2. The Labute approximate surface area is 144 Å². The van der Waals surface area contributed by atoms with Gasteiger partial charge in [-0.05, 0) is 44.0 Å². The lowest BCUT2D eigenvalue weighted by atomic mass is 10.1. The molecular weight excluding hydrogens is 300 g/mol. The first-order valence-electron chi connectivity index (χ1n) is 8.64. The number of hydrogen-bond acceptors (Lipinski definition) is 3. The minimum atomic E-state index is -0.0585. The minimum Gasteiger partial charge on any atom is -0.348 e. The maximum absolute atomic E-state index is 12.5. The fourth-order valence-electron chi connectivity index (χ4n) is 2.79. The molecule has 0 bridgehead atoms. The Hall–Kier alpha value is -2.14. The van der Waals surface area contributed by atoms with Gasteiger partial charge in [0.25, 0.3) is 5.91 Å². The fraction of sp³-hybridized carbons (Fsp3) is 0.474. The van der Waals surface area contributed by atoms with E-state index in [4.69, 9.17) is 5.73 Å². The zero-order valence-corrected chi connectivity index (χ0v) is 14.9. The SMILES string of the molecule is CCCCC(CN)NC(=O)c1cccc(Cn2nc(C)cc2C)c1. The van der Waals surface area contributed by atoms with E-state index in [1.54, 1.807) is 0 Å². The van der Waals surface area contributed by atoms with Gasteiger partial charge in [0.05, 0.1) is 12.2 Å². The number of rotatable bonds is 8. The first-order valence-corrected chi connectivity index (χ1v) is 8.64. The second-order valence-electron chi connectivity index (χ2n) is 6.33. The fourth-order valence-corrected chi connectivity index (χ4v) is 2.79. The lowest BCUT2D eigenvalue weighted by Crippen LogP contribution is -2.40. The molecule has 2 rings (SSSR count). The average molecular weight is 328 g/mol. The Morgan fingerprint density at radius 1 is 1.33 bits per heavy atom. The number of aromatic nitrogens is 2. The largest absolute Gasteiger partial charge is 0.348 e. The summed E-state index contributed by atoms with van der Waals surface area (Å²) in [5.74, 6) is -0.0585. The summed E-state index contributed by atoms with van der Waals surface area (Å²) in [7, 11) is 0. The number of carbonyl (C=O) groups excluding carboxylic acids is 1. The van der Waals surface area contributed by atoms with E-state index < -0.39 is 0 Å². The van der Waals surface area contributed by atoms with Crippen molar-refractivity contribution in [3.63, 3.8) is 0 Å². The molecule has 0 radical (unpaired) electrons. The van der Waals surface area contributed by atoms with Crippen molar-refractivity contribution in [1.82, 2.24) is 15.1 Å². The van der Waals surface area contributed by atoms with Crippen LogP contribution < -0.4 is 11.1 Å². The van der Waals surface area contributed by atoms with Gasteiger partial charge >= 0.3 is 0 Å². The number of nitrogens with zero attached hydrogens (tertiary/aromatic N) is 2. The van der Waals surface area contributed by atoms with Crippen LogP contribution in [0.2, 0.25) is 0 Å². The summed E-state index contributed by atoms with van der Waals surface area (Å²) in [4.78, 5) is 12.5. The summed E-state index contributed by atoms with van der Waals surface area (Å²) in [5, 5.41) is 7.51. The predicted molar refractivity (Wildman–Crippen MR) is 97.1 cm³/mol. The number of carbonyl (C=O) groups is 1.